The van der Waals surface area contributed by atoms with Crippen molar-refractivity contribution in [3.8, 4) is 0 Å². The first-order chi connectivity index (χ1) is 7.27. The van der Waals surface area contributed by atoms with E-state index in [1.54, 1.807) is 18.3 Å². The Morgan fingerprint density at radius 1 is 1.40 bits per heavy atom. The van der Waals surface area contributed by atoms with Crippen molar-refractivity contribution in [2.24, 2.45) is 5.92 Å². The van der Waals surface area contributed by atoms with Gasteiger partial charge in [0, 0.05) is 6.20 Å². The minimum atomic E-state index is -0.836. The third-order valence-corrected chi connectivity index (χ3v) is 3.03. The summed E-state index contributed by atoms with van der Waals surface area (Å²) in [6.45, 7) is 0. The molecule has 1 aromatic rings. The lowest BCUT2D eigenvalue weighted by molar-refractivity contribution is -0.110. The zero-order valence-electron chi connectivity index (χ0n) is 8.01. The van der Waals surface area contributed by atoms with E-state index in [2.05, 4.69) is 4.98 Å². The van der Waals surface area contributed by atoms with Crippen LogP contribution in [0.3, 0.4) is 0 Å². The lowest BCUT2D eigenvalue weighted by atomic mass is 9.85. The van der Waals surface area contributed by atoms with Crippen LogP contribution in [-0.4, -0.2) is 11.3 Å². The van der Waals surface area contributed by atoms with Crippen LogP contribution in [0.15, 0.2) is 48.7 Å². The average Bonchev–Trinajstić information content (AvgIpc) is 2.31. The van der Waals surface area contributed by atoms with E-state index in [9.17, 15) is 4.79 Å². The standard InChI is InChI=1S/C12H10ClNO/c13-12(11-6-2-4-8-14-11)7-3-1-5-10(12)9-15/h1-10H. The van der Waals surface area contributed by atoms with Gasteiger partial charge in [-0.15, -0.1) is 11.6 Å². The molecule has 0 amide bonds. The Morgan fingerprint density at radius 2 is 2.27 bits per heavy atom. The van der Waals surface area contributed by atoms with Crippen LogP contribution in [0.5, 0.6) is 0 Å². The third kappa shape index (κ3) is 1.73. The zero-order chi connectivity index (χ0) is 10.7. The first kappa shape index (κ1) is 10.1. The number of carbonyl (C=O) groups excluding carboxylic acids is 1. The summed E-state index contributed by atoms with van der Waals surface area (Å²) in [6.07, 6.45) is 9.77. The molecule has 3 heteroatoms. The quantitative estimate of drug-likeness (QED) is 0.565. The van der Waals surface area contributed by atoms with Crippen molar-refractivity contribution in [2.75, 3.05) is 0 Å². The number of aromatic nitrogens is 1. The molecule has 1 aromatic heterocycles. The predicted octanol–water partition coefficient (Wildman–Crippen LogP) is 2.46. The maximum atomic E-state index is 11.0. The Balaban J connectivity index is 2.45. The molecule has 1 aliphatic carbocycles. The molecule has 15 heavy (non-hydrogen) atoms. The van der Waals surface area contributed by atoms with Crippen LogP contribution >= 0.6 is 11.6 Å². The van der Waals surface area contributed by atoms with Gasteiger partial charge in [0.15, 0.2) is 0 Å². The molecule has 0 bridgehead atoms. The van der Waals surface area contributed by atoms with Gasteiger partial charge in [0.1, 0.15) is 11.2 Å². The molecule has 2 rings (SSSR count). The van der Waals surface area contributed by atoms with E-state index in [0.717, 1.165) is 6.29 Å². The summed E-state index contributed by atoms with van der Waals surface area (Å²) in [6, 6.07) is 5.51. The summed E-state index contributed by atoms with van der Waals surface area (Å²) in [5, 5.41) is 0. The van der Waals surface area contributed by atoms with Crippen molar-refractivity contribution >= 4 is 17.9 Å². The molecule has 0 aromatic carbocycles. The Hall–Kier alpha value is -1.41. The Kier molecular flexibility index (Phi) is 2.69. The van der Waals surface area contributed by atoms with E-state index in [0.29, 0.717) is 5.69 Å². The molecule has 76 valence electrons. The van der Waals surface area contributed by atoms with E-state index in [1.807, 2.05) is 30.4 Å². The number of aldehydes is 1. The third-order valence-electron chi connectivity index (χ3n) is 2.46. The molecule has 2 nitrogen and oxygen atoms in total. The average molecular weight is 220 g/mol. The largest absolute Gasteiger partial charge is 0.303 e. The number of nitrogens with zero attached hydrogens (tertiary/aromatic N) is 1. The number of pyridine rings is 1. The number of alkyl halides is 1. The lowest BCUT2D eigenvalue weighted by Crippen LogP contribution is -2.29. The van der Waals surface area contributed by atoms with Crippen LogP contribution in [0.1, 0.15) is 5.69 Å². The molecule has 2 unspecified atom stereocenters. The molecular weight excluding hydrogens is 210 g/mol. The van der Waals surface area contributed by atoms with Gasteiger partial charge in [-0.1, -0.05) is 30.4 Å². The van der Waals surface area contributed by atoms with Crippen molar-refractivity contribution in [3.05, 3.63) is 54.4 Å². The van der Waals surface area contributed by atoms with Crippen LogP contribution in [0, 0.1) is 5.92 Å². The van der Waals surface area contributed by atoms with Gasteiger partial charge in [0.05, 0.1) is 11.6 Å². The van der Waals surface area contributed by atoms with E-state index in [4.69, 9.17) is 11.6 Å². The fourth-order valence-electron chi connectivity index (χ4n) is 1.62. The molecule has 0 saturated heterocycles. The van der Waals surface area contributed by atoms with Gasteiger partial charge in [0.2, 0.25) is 0 Å². The lowest BCUT2D eigenvalue weighted by Gasteiger charge is -2.28. The summed E-state index contributed by atoms with van der Waals surface area (Å²) < 4.78 is 0. The molecule has 0 radical (unpaired) electrons. The zero-order valence-corrected chi connectivity index (χ0v) is 8.76. The number of allylic oxidation sites excluding steroid dienone is 4. The van der Waals surface area contributed by atoms with Gasteiger partial charge in [-0.25, -0.2) is 0 Å². The van der Waals surface area contributed by atoms with Crippen molar-refractivity contribution in [3.63, 3.8) is 0 Å². The van der Waals surface area contributed by atoms with E-state index < -0.39 is 4.87 Å². The maximum Gasteiger partial charge on any atom is 0.129 e. The first-order valence-electron chi connectivity index (χ1n) is 4.69. The molecular formula is C12H10ClNO. The predicted molar refractivity (Wildman–Crippen MR) is 59.6 cm³/mol. The van der Waals surface area contributed by atoms with Crippen LogP contribution < -0.4 is 0 Å². The minimum Gasteiger partial charge on any atom is -0.303 e. The van der Waals surface area contributed by atoms with Gasteiger partial charge in [0.25, 0.3) is 0 Å². The number of hydrogen-bond donors (Lipinski definition) is 0. The summed E-state index contributed by atoms with van der Waals surface area (Å²) in [4.78, 5) is 14.3. The normalized spacial score (nSPS) is 29.0. The van der Waals surface area contributed by atoms with E-state index in [1.165, 1.54) is 0 Å². The summed E-state index contributed by atoms with van der Waals surface area (Å²) >= 11 is 6.43. The van der Waals surface area contributed by atoms with E-state index >= 15 is 0 Å². The summed E-state index contributed by atoms with van der Waals surface area (Å²) in [7, 11) is 0. The topological polar surface area (TPSA) is 30.0 Å². The highest BCUT2D eigenvalue weighted by Crippen LogP contribution is 2.39. The van der Waals surface area contributed by atoms with Crippen molar-refractivity contribution in [1.29, 1.82) is 0 Å². The number of carbonyl (C=O) groups is 1. The fourth-order valence-corrected chi connectivity index (χ4v) is 1.93. The van der Waals surface area contributed by atoms with Gasteiger partial charge in [-0.2, -0.15) is 0 Å². The highest BCUT2D eigenvalue weighted by Gasteiger charge is 2.37. The van der Waals surface area contributed by atoms with Gasteiger partial charge >= 0.3 is 0 Å². The molecule has 0 aliphatic heterocycles. The maximum absolute atomic E-state index is 11.0. The molecule has 2 atom stereocenters. The van der Waals surface area contributed by atoms with Crippen LogP contribution in [0.25, 0.3) is 0 Å². The van der Waals surface area contributed by atoms with Crippen LogP contribution in [0.2, 0.25) is 0 Å². The monoisotopic (exact) mass is 219 g/mol. The highest BCUT2D eigenvalue weighted by molar-refractivity contribution is 6.26. The number of hydrogen-bond acceptors (Lipinski definition) is 2. The van der Waals surface area contributed by atoms with Crippen LogP contribution in [-0.2, 0) is 9.67 Å². The highest BCUT2D eigenvalue weighted by atomic mass is 35.5. The van der Waals surface area contributed by atoms with Gasteiger partial charge < -0.3 is 4.79 Å². The first-order valence-corrected chi connectivity index (χ1v) is 5.07. The Morgan fingerprint density at radius 3 is 2.93 bits per heavy atom. The SMILES string of the molecule is O=CC1C=CC=CC1(Cl)c1ccccn1. The molecule has 0 spiro atoms. The molecule has 0 saturated carbocycles. The van der Waals surface area contributed by atoms with Gasteiger partial charge in [-0.05, 0) is 12.1 Å². The number of halogens is 1. The van der Waals surface area contributed by atoms with Gasteiger partial charge in [-0.3, -0.25) is 4.98 Å². The minimum absolute atomic E-state index is 0.362. The van der Waals surface area contributed by atoms with Crippen molar-refractivity contribution in [1.82, 2.24) is 4.98 Å². The molecule has 0 N–H and O–H groups in total. The summed E-state index contributed by atoms with van der Waals surface area (Å²) in [5.41, 5.74) is 0.698. The Bertz CT molecular complexity index is 413. The Labute approximate surface area is 93.3 Å². The van der Waals surface area contributed by atoms with Crippen molar-refractivity contribution in [2.45, 2.75) is 4.87 Å². The summed E-state index contributed by atoms with van der Waals surface area (Å²) in [5.74, 6) is -0.362. The number of rotatable bonds is 2. The van der Waals surface area contributed by atoms with Crippen LogP contribution in [0.4, 0.5) is 0 Å². The van der Waals surface area contributed by atoms with E-state index in [-0.39, 0.29) is 5.92 Å². The second-order valence-electron chi connectivity index (χ2n) is 3.39. The van der Waals surface area contributed by atoms with Crippen molar-refractivity contribution < 1.29 is 4.79 Å². The molecule has 1 aliphatic rings. The molecule has 0 fully saturated rings. The smallest absolute Gasteiger partial charge is 0.129 e. The molecule has 1 heterocycles. The second kappa shape index (κ2) is 3.99. The second-order valence-corrected chi connectivity index (χ2v) is 4.01. The fraction of sp³-hybridized carbons (Fsp3) is 0.167.